The summed E-state index contributed by atoms with van der Waals surface area (Å²) in [6, 6.07) is 0.497. The molecule has 94 valence electrons. The van der Waals surface area contributed by atoms with Crippen molar-refractivity contribution in [2.45, 2.75) is 64.6 Å². The van der Waals surface area contributed by atoms with Gasteiger partial charge in [0, 0.05) is 12.1 Å². The van der Waals surface area contributed by atoms with Crippen molar-refractivity contribution in [1.29, 1.82) is 0 Å². The Bertz CT molecular complexity index is 230. The molecule has 1 aliphatic heterocycles. The fourth-order valence-corrected chi connectivity index (χ4v) is 1.90. The number of piperidine rings is 1. The number of carbonyl (C=O) groups is 1. The lowest BCUT2D eigenvalue weighted by Crippen LogP contribution is -2.51. The number of hydrogen-bond donors (Lipinski definition) is 2. The molecule has 0 radical (unpaired) electrons. The van der Waals surface area contributed by atoms with E-state index in [2.05, 4.69) is 10.6 Å². The Balaban J connectivity index is 2.32. The van der Waals surface area contributed by atoms with Gasteiger partial charge < -0.3 is 15.4 Å². The van der Waals surface area contributed by atoms with Gasteiger partial charge >= 0.3 is 6.09 Å². The van der Waals surface area contributed by atoms with Crippen molar-refractivity contribution in [2.24, 2.45) is 0 Å². The van der Waals surface area contributed by atoms with Gasteiger partial charge in [0.1, 0.15) is 5.60 Å². The normalized spacial score (nSPS) is 23.6. The second-order valence-corrected chi connectivity index (χ2v) is 5.49. The molecule has 0 aromatic heterocycles. The third-order valence-corrected chi connectivity index (χ3v) is 2.70. The molecule has 2 N–H and O–H groups in total. The second-order valence-electron chi connectivity index (χ2n) is 5.49. The monoisotopic (exact) mass is 228 g/mol. The Hall–Kier alpha value is -0.770. The molecule has 0 aromatic carbocycles. The fraction of sp³-hybridized carbons (Fsp3) is 0.917. The first-order valence-electron chi connectivity index (χ1n) is 6.11. The molecule has 1 saturated heterocycles. The number of alkyl carbamates (subject to hydrolysis) is 1. The first-order chi connectivity index (χ1) is 7.38. The smallest absolute Gasteiger partial charge is 0.407 e. The molecule has 0 spiro atoms. The standard InChI is InChI=1S/C12H24N2O2/c1-9(10-7-5-6-8-13-10)14-11(15)16-12(2,3)4/h9-10,13H,5-8H2,1-4H3,(H,14,15)/t9-,10+/m1/s1. The maximum absolute atomic E-state index is 11.6. The topological polar surface area (TPSA) is 50.4 Å². The quantitative estimate of drug-likeness (QED) is 0.760. The third kappa shape index (κ3) is 4.84. The minimum atomic E-state index is -0.427. The molecule has 2 atom stereocenters. The van der Waals surface area contributed by atoms with E-state index in [1.807, 2.05) is 27.7 Å². The van der Waals surface area contributed by atoms with Crippen molar-refractivity contribution in [1.82, 2.24) is 10.6 Å². The summed E-state index contributed by atoms with van der Waals surface area (Å²) in [5, 5.41) is 6.30. The number of amides is 1. The Morgan fingerprint density at radius 3 is 2.62 bits per heavy atom. The van der Waals surface area contributed by atoms with Crippen molar-refractivity contribution in [2.75, 3.05) is 6.54 Å². The Kier molecular flexibility index (Phi) is 4.59. The van der Waals surface area contributed by atoms with Crippen LogP contribution in [0.25, 0.3) is 0 Å². The molecule has 1 heterocycles. The van der Waals surface area contributed by atoms with Crippen LogP contribution >= 0.6 is 0 Å². The highest BCUT2D eigenvalue weighted by atomic mass is 16.6. The van der Waals surface area contributed by atoms with Crippen molar-refractivity contribution < 1.29 is 9.53 Å². The Labute approximate surface area is 98.1 Å². The molecule has 1 rings (SSSR count). The maximum atomic E-state index is 11.6. The third-order valence-electron chi connectivity index (χ3n) is 2.70. The summed E-state index contributed by atoms with van der Waals surface area (Å²) >= 11 is 0. The zero-order valence-electron chi connectivity index (χ0n) is 10.8. The van der Waals surface area contributed by atoms with E-state index < -0.39 is 5.60 Å². The van der Waals surface area contributed by atoms with Gasteiger partial charge in [-0.05, 0) is 47.1 Å². The average Bonchev–Trinajstić information content (AvgIpc) is 2.16. The van der Waals surface area contributed by atoms with Gasteiger partial charge in [0.25, 0.3) is 0 Å². The Morgan fingerprint density at radius 1 is 1.44 bits per heavy atom. The van der Waals surface area contributed by atoms with E-state index in [0.29, 0.717) is 6.04 Å². The largest absolute Gasteiger partial charge is 0.444 e. The van der Waals surface area contributed by atoms with Crippen LogP contribution in [0, 0.1) is 0 Å². The van der Waals surface area contributed by atoms with Crippen molar-refractivity contribution in [3.05, 3.63) is 0 Å². The molecule has 0 aliphatic carbocycles. The molecule has 1 amide bonds. The summed E-state index contributed by atoms with van der Waals surface area (Å²) in [5.41, 5.74) is -0.427. The van der Waals surface area contributed by atoms with Crippen LogP contribution in [0.4, 0.5) is 4.79 Å². The van der Waals surface area contributed by atoms with Crippen LogP contribution in [-0.4, -0.2) is 30.3 Å². The lowest BCUT2D eigenvalue weighted by molar-refractivity contribution is 0.0494. The van der Waals surface area contributed by atoms with E-state index in [0.717, 1.165) is 13.0 Å². The molecule has 0 saturated carbocycles. The summed E-state index contributed by atoms with van der Waals surface area (Å²) in [6.45, 7) is 8.68. The lowest BCUT2D eigenvalue weighted by atomic mass is 9.99. The van der Waals surface area contributed by atoms with Crippen LogP contribution in [0.3, 0.4) is 0 Å². The zero-order chi connectivity index (χ0) is 12.2. The van der Waals surface area contributed by atoms with Gasteiger partial charge in [0.15, 0.2) is 0 Å². The summed E-state index contributed by atoms with van der Waals surface area (Å²) < 4.78 is 5.22. The van der Waals surface area contributed by atoms with Gasteiger partial charge in [0.05, 0.1) is 0 Å². The molecule has 0 aromatic rings. The van der Waals surface area contributed by atoms with Crippen LogP contribution in [0.5, 0.6) is 0 Å². The highest BCUT2D eigenvalue weighted by Gasteiger charge is 2.23. The number of carbonyl (C=O) groups excluding carboxylic acids is 1. The molecular weight excluding hydrogens is 204 g/mol. The van der Waals surface area contributed by atoms with E-state index in [9.17, 15) is 4.79 Å². The predicted molar refractivity (Wildman–Crippen MR) is 64.5 cm³/mol. The van der Waals surface area contributed by atoms with E-state index >= 15 is 0 Å². The van der Waals surface area contributed by atoms with Gasteiger partial charge in [-0.2, -0.15) is 0 Å². The number of nitrogens with one attached hydrogen (secondary N) is 2. The van der Waals surface area contributed by atoms with Gasteiger partial charge in [-0.1, -0.05) is 6.42 Å². The molecule has 16 heavy (non-hydrogen) atoms. The molecule has 0 unspecified atom stereocenters. The summed E-state index contributed by atoms with van der Waals surface area (Å²) in [6.07, 6.45) is 3.26. The van der Waals surface area contributed by atoms with Crippen molar-refractivity contribution in [3.8, 4) is 0 Å². The molecule has 1 aliphatic rings. The molecular formula is C12H24N2O2. The van der Waals surface area contributed by atoms with Gasteiger partial charge in [-0.3, -0.25) is 0 Å². The van der Waals surface area contributed by atoms with Gasteiger partial charge in [-0.15, -0.1) is 0 Å². The van der Waals surface area contributed by atoms with Gasteiger partial charge in [-0.25, -0.2) is 4.79 Å². The molecule has 4 heteroatoms. The van der Waals surface area contributed by atoms with Crippen molar-refractivity contribution in [3.63, 3.8) is 0 Å². The average molecular weight is 228 g/mol. The number of hydrogen-bond acceptors (Lipinski definition) is 3. The summed E-state index contributed by atoms with van der Waals surface area (Å²) in [4.78, 5) is 11.6. The fourth-order valence-electron chi connectivity index (χ4n) is 1.90. The van der Waals surface area contributed by atoms with Crippen LogP contribution in [0.2, 0.25) is 0 Å². The first kappa shape index (κ1) is 13.3. The second kappa shape index (κ2) is 5.53. The minimum absolute atomic E-state index is 0.121. The van der Waals surface area contributed by atoms with E-state index in [-0.39, 0.29) is 12.1 Å². The summed E-state index contributed by atoms with van der Waals surface area (Å²) in [7, 11) is 0. The maximum Gasteiger partial charge on any atom is 0.407 e. The highest BCUT2D eigenvalue weighted by molar-refractivity contribution is 5.68. The van der Waals surface area contributed by atoms with E-state index in [1.54, 1.807) is 0 Å². The highest BCUT2D eigenvalue weighted by Crippen LogP contribution is 2.11. The zero-order valence-corrected chi connectivity index (χ0v) is 10.8. The minimum Gasteiger partial charge on any atom is -0.444 e. The van der Waals surface area contributed by atoms with Crippen molar-refractivity contribution >= 4 is 6.09 Å². The van der Waals surface area contributed by atoms with E-state index in [4.69, 9.17) is 4.74 Å². The number of rotatable bonds is 2. The van der Waals surface area contributed by atoms with Crippen LogP contribution in [-0.2, 0) is 4.74 Å². The van der Waals surface area contributed by atoms with Crippen LogP contribution in [0.1, 0.15) is 47.0 Å². The molecule has 1 fully saturated rings. The predicted octanol–water partition coefficient (Wildman–Crippen LogP) is 2.04. The van der Waals surface area contributed by atoms with Crippen LogP contribution < -0.4 is 10.6 Å². The van der Waals surface area contributed by atoms with E-state index in [1.165, 1.54) is 12.8 Å². The lowest BCUT2D eigenvalue weighted by Gasteiger charge is -2.30. The first-order valence-corrected chi connectivity index (χ1v) is 6.11. The molecule has 4 nitrogen and oxygen atoms in total. The van der Waals surface area contributed by atoms with Crippen LogP contribution in [0.15, 0.2) is 0 Å². The van der Waals surface area contributed by atoms with Gasteiger partial charge in [0.2, 0.25) is 0 Å². The SMILES string of the molecule is C[C@@H](NC(=O)OC(C)(C)C)[C@@H]1CCCCN1. The molecule has 0 bridgehead atoms. The Morgan fingerprint density at radius 2 is 2.12 bits per heavy atom. The summed E-state index contributed by atoms with van der Waals surface area (Å²) in [5.74, 6) is 0. The number of ether oxygens (including phenoxy) is 1.